The quantitative estimate of drug-likeness (QED) is 0.00535. The minimum absolute atomic E-state index is 0. The Morgan fingerprint density at radius 2 is 0.719 bits per heavy atom. The number of aliphatic hydroxyl groups excluding tert-OH is 1. The third kappa shape index (κ3) is 40.3. The number of methoxy groups -OCH3 is 3. The zero-order valence-electron chi connectivity index (χ0n) is 64.0. The summed E-state index contributed by atoms with van der Waals surface area (Å²) in [5, 5.41) is 55.7. The van der Waals surface area contributed by atoms with Crippen LogP contribution in [-0.4, -0.2) is 117 Å². The molecule has 22 nitrogen and oxygen atoms in total. The molecule has 10 rings (SSSR count). The van der Waals surface area contributed by atoms with Crippen LogP contribution in [0.3, 0.4) is 0 Å². The second-order valence-electron chi connectivity index (χ2n) is 23.6. The number of nitrogen functional groups attached to an aromatic ring is 2. The van der Waals surface area contributed by atoms with E-state index in [2.05, 4.69) is 60.0 Å². The van der Waals surface area contributed by atoms with Crippen molar-refractivity contribution in [3.8, 4) is 0 Å². The number of nitro benzene ring substituents is 2. The normalized spacial score (nSPS) is 9.99. The van der Waals surface area contributed by atoms with Gasteiger partial charge in [0.15, 0.2) is 0 Å². The summed E-state index contributed by atoms with van der Waals surface area (Å²) in [6.07, 6.45) is 0. The van der Waals surface area contributed by atoms with E-state index >= 15 is 0 Å². The van der Waals surface area contributed by atoms with Crippen LogP contribution >= 0.6 is 21.4 Å². The van der Waals surface area contributed by atoms with Gasteiger partial charge in [0, 0.05) is 91.0 Å². The van der Waals surface area contributed by atoms with Gasteiger partial charge in [-0.05, 0) is 146 Å². The number of aliphatic hydroxyl groups is 3. The van der Waals surface area contributed by atoms with Crippen molar-refractivity contribution in [2.75, 3.05) is 56.9 Å². The molecule has 0 spiro atoms. The van der Waals surface area contributed by atoms with E-state index in [1.165, 1.54) is 56.7 Å². The molecular weight excluding hydrogens is 1640 g/mol. The number of benzene rings is 10. The second kappa shape index (κ2) is 54.2. The topological polar surface area (TPSA) is 339 Å². The largest absolute Gasteiger partial charge is 2.00 e. The molecular formula is C80H86BrCl2F7MgN6O16S. The predicted octanol–water partition coefficient (Wildman–Crippen LogP) is 14.4. The molecule has 0 amide bonds. The first-order valence-corrected chi connectivity index (χ1v) is 34.9. The number of carbonyl (C=O) groups is 4. The van der Waals surface area contributed by atoms with Gasteiger partial charge in [-0.1, -0.05) is 121 Å². The number of nitro groups is 2. The summed E-state index contributed by atoms with van der Waals surface area (Å²) in [6.45, 7) is 9.02. The van der Waals surface area contributed by atoms with Crippen LogP contribution in [0, 0.1) is 62.6 Å². The van der Waals surface area contributed by atoms with Gasteiger partial charge >= 0.3 is 46.9 Å². The molecule has 0 atom stereocenters. The molecule has 0 saturated heterocycles. The summed E-state index contributed by atoms with van der Waals surface area (Å²) in [6, 6.07) is 61.6. The average Bonchev–Trinajstić information content (AvgIpc) is 0.826. The third-order valence-corrected chi connectivity index (χ3v) is 14.3. The van der Waals surface area contributed by atoms with Crippen molar-refractivity contribution >= 4 is 112 Å². The third-order valence-electron chi connectivity index (χ3n) is 14.3. The minimum atomic E-state index is -1.67. The molecule has 0 fully saturated rings. The van der Waals surface area contributed by atoms with Crippen LogP contribution in [0.1, 0.15) is 105 Å². The number of nitrogens with two attached hydrogens (primary N) is 2. The Hall–Kier alpha value is -10.6. The molecule has 0 aromatic heterocycles. The van der Waals surface area contributed by atoms with Crippen molar-refractivity contribution < 1.29 is 118 Å². The van der Waals surface area contributed by atoms with E-state index in [-0.39, 0.29) is 77.1 Å². The smallest absolute Gasteiger partial charge is 1.00 e. The van der Waals surface area contributed by atoms with E-state index < -0.39 is 107 Å². The summed E-state index contributed by atoms with van der Waals surface area (Å²) < 4.78 is 117. The Kier molecular flexibility index (Phi) is 49.2. The fraction of sp³-hybridized carbons (Fsp3) is 0.188. The van der Waals surface area contributed by atoms with Gasteiger partial charge in [0.1, 0.15) is 34.9 Å². The number of aromatic carboxylic acids is 1. The number of carbonyl (C=O) groups excluding carboxylic acids is 3. The first kappa shape index (κ1) is 103. The van der Waals surface area contributed by atoms with Gasteiger partial charge < -0.3 is 80.3 Å². The Morgan fingerprint density at radius 3 is 1.01 bits per heavy atom. The van der Waals surface area contributed by atoms with Crippen molar-refractivity contribution in [1.82, 2.24) is 0 Å². The van der Waals surface area contributed by atoms with Gasteiger partial charge in [-0.25, -0.2) is 49.7 Å². The number of non-ortho nitro benzene ring substituents is 2. The average molecular weight is 1730 g/mol. The molecule has 0 bridgehead atoms. The number of ether oxygens (including phenoxy) is 3. The maximum atomic E-state index is 14.3. The molecule has 0 saturated carbocycles. The minimum Gasteiger partial charge on any atom is -1.00 e. The first-order chi connectivity index (χ1) is 52.8. The Morgan fingerprint density at radius 1 is 0.474 bits per heavy atom. The number of esters is 3. The number of alkyl halides is 1. The summed E-state index contributed by atoms with van der Waals surface area (Å²) in [4.78, 5) is 67.0. The van der Waals surface area contributed by atoms with E-state index in [0.29, 0.717) is 54.7 Å². The molecule has 10 aromatic rings. The zero-order chi connectivity index (χ0) is 84.4. The van der Waals surface area contributed by atoms with Crippen LogP contribution in [-0.2, 0) is 60.8 Å². The number of hydrogen-bond donors (Lipinski definition) is 6. The van der Waals surface area contributed by atoms with Crippen LogP contribution in [0.4, 0.5) is 64.9 Å². The van der Waals surface area contributed by atoms with Crippen LogP contribution in [0.25, 0.3) is 0 Å². The van der Waals surface area contributed by atoms with Crippen molar-refractivity contribution in [2.45, 2.75) is 65.1 Å². The first-order valence-electron chi connectivity index (χ1n) is 32.8. The van der Waals surface area contributed by atoms with Crippen molar-refractivity contribution in [1.29, 1.82) is 0 Å². The van der Waals surface area contributed by atoms with Gasteiger partial charge in [0.2, 0.25) is 9.23 Å². The monoisotopic (exact) mass is 1730 g/mol. The Bertz CT molecular complexity index is 4530. The molecule has 0 heterocycles. The number of rotatable bonds is 18. The number of anilines is 4. The van der Waals surface area contributed by atoms with Crippen molar-refractivity contribution in [2.24, 2.45) is 0 Å². The molecule has 10 aromatic carbocycles. The van der Waals surface area contributed by atoms with Gasteiger partial charge in [-0.2, -0.15) is 0 Å². The number of carboxylic acids is 1. The molecule has 0 aliphatic carbocycles. The molecule has 8 N–H and O–H groups in total. The molecule has 34 heteroatoms. The summed E-state index contributed by atoms with van der Waals surface area (Å²) in [5.41, 5.74) is 14.7. The van der Waals surface area contributed by atoms with Gasteiger partial charge in [-0.15, -0.1) is 0 Å². The molecule has 0 aliphatic rings. The summed E-state index contributed by atoms with van der Waals surface area (Å²) in [5.74, 6) is -6.92. The van der Waals surface area contributed by atoms with Crippen LogP contribution in [0.5, 0.6) is 0 Å². The maximum Gasteiger partial charge on any atom is 2.00 e. The number of nitrogens with zero attached hydrogens (tertiary/aromatic N) is 4. The van der Waals surface area contributed by atoms with Crippen LogP contribution < -0.4 is 38.2 Å². The molecule has 0 aliphatic heterocycles. The van der Waals surface area contributed by atoms with Crippen LogP contribution in [0.2, 0.25) is 0 Å². The standard InChI is InChI=1S/C23H24FNO.C22H20FNO2.C9H12FNO.C8H6FNO4.C8H8FNO2.C7H4FNO4.CH3F.CH4O.CH3.BrH.Cl2OS.Mg.H2/c1-23(2,26)20-13-21(24)15-22(14-20)25(16-18-9-5-3-6-10-18)17-19-11-7-4-8-12-19;1-26-22(25)19-12-20(23)14-21(13-19)24(15-17-8-4-2-5-9-17)16-18-10-6-3-7-11-18;1-9(2,12)6-3-7(10)5-8(11)4-6;1-14-8(11)5-2-6(9)4-7(3-5)10(12)13;1-12-8(11)5-2-6(9)4-7(10)3-5;8-5-1-4(7(10)11)2-6(3-5)9(12)13;2*1-2;;;1-4(2)3;;/h3-15,26H,16-17H2,1-2H3;2-14H,15-16H2,1H3;3-5,12H,11H2,1-2H3;2-4H,1H3;2-4H,10H2,1H3;1-3H,(H,10,11);1H3;2H,1H3;1H3;1H;;;1H/q;;;;;;;;-1;;;+2;/p-1/i;;;;;;1D;;;;;;. The fourth-order valence-corrected chi connectivity index (χ4v) is 9.33. The van der Waals surface area contributed by atoms with E-state index in [1.54, 1.807) is 39.8 Å². The van der Waals surface area contributed by atoms with E-state index in [9.17, 15) is 80.4 Å². The predicted molar refractivity (Wildman–Crippen MR) is 427 cm³/mol. The van der Waals surface area contributed by atoms with Gasteiger partial charge in [-0.3, -0.25) is 24.6 Å². The molecule has 114 heavy (non-hydrogen) atoms. The van der Waals surface area contributed by atoms with Crippen LogP contribution in [0.15, 0.2) is 231 Å². The van der Waals surface area contributed by atoms with E-state index in [4.69, 9.17) is 32.0 Å². The zero-order valence-corrected chi connectivity index (χ0v) is 68.3. The Balaban J connectivity index is -0.00000132. The summed E-state index contributed by atoms with van der Waals surface area (Å²) >= 11 is 0. The van der Waals surface area contributed by atoms with Crippen molar-refractivity contribution in [3.05, 3.63) is 349 Å². The second-order valence-corrected chi connectivity index (χ2v) is 26.1. The van der Waals surface area contributed by atoms with Gasteiger partial charge in [0.05, 0.1) is 85.3 Å². The van der Waals surface area contributed by atoms with E-state index in [1.807, 2.05) is 108 Å². The maximum absolute atomic E-state index is 14.3. The number of halogens is 10. The Labute approximate surface area is 696 Å². The van der Waals surface area contributed by atoms with E-state index in [0.717, 1.165) is 84.6 Å². The number of carboxylic acid groups (broad SMARTS) is 1. The fourth-order valence-electron chi connectivity index (χ4n) is 9.33. The summed E-state index contributed by atoms with van der Waals surface area (Å²) in [7, 11) is 11.0. The molecule has 610 valence electrons. The number of hydrogen-bond acceptors (Lipinski definition) is 19. The van der Waals surface area contributed by atoms with Gasteiger partial charge in [0.25, 0.3) is 11.4 Å². The van der Waals surface area contributed by atoms with Crippen molar-refractivity contribution in [3.63, 3.8) is 0 Å². The molecule has 0 unspecified atom stereocenters. The molecule has 0 radical (unpaired) electrons. The SMILES string of the molecule is CC(C)(O)c1cc(F)cc(N(Cc2ccccc2)Cc2ccccc2)c1.CC(C)(O)c1cc(N)cc(F)c1.CO.COC(=O)c1cc(F)cc(N(Cc2ccccc2)Cc2ccccc2)c1.COC(=O)c1cc(F)cc([N+](=O)[O-])c1.COC(=O)c1cc(N)cc(F)c1.O=C(O)c1cc(F)cc([N+](=O)[O-])c1.O=S(Cl)Cl.[2H]CF.[Br-].[CH3-].[HH].[Mg+2].